The number of thioether (sulfide) groups is 1. The number of alkyl halides is 3. The van der Waals surface area contributed by atoms with Crippen LogP contribution in [0.3, 0.4) is 0 Å². The van der Waals surface area contributed by atoms with Crippen LogP contribution in [-0.4, -0.2) is 89.1 Å². The van der Waals surface area contributed by atoms with Gasteiger partial charge in [-0.25, -0.2) is 4.98 Å². The van der Waals surface area contributed by atoms with Gasteiger partial charge in [-0.2, -0.15) is 13.2 Å². The Kier molecular flexibility index (Phi) is 11.7. The number of carbonyl (C=O) groups is 4. The molecule has 1 aliphatic heterocycles. The van der Waals surface area contributed by atoms with E-state index in [1.165, 1.54) is 22.7 Å². The van der Waals surface area contributed by atoms with E-state index >= 15 is 0 Å². The molecule has 242 valence electrons. The Hall–Kier alpha value is -3.80. The number of furan rings is 1. The summed E-state index contributed by atoms with van der Waals surface area (Å²) in [7, 11) is 0. The van der Waals surface area contributed by atoms with Gasteiger partial charge in [0.1, 0.15) is 12.3 Å². The Morgan fingerprint density at radius 2 is 1.73 bits per heavy atom. The Morgan fingerprint density at radius 1 is 1.04 bits per heavy atom. The standard InChI is InChI=1S/C28H30F3N5O7S2/c1-17(2)36-24(38)21(44-27(36)40)15-18-7-8-23(43-18)45-26-34-19-5-3-4-6-20(19)35(26)16-22(37)32-9-11-41-13-14-42-12-10-33-25(39)28(29,30)31/h3-8,15,17H,9-14,16H2,1-2H3,(H,32,37)(H,33,39)/b21-15-. The summed E-state index contributed by atoms with van der Waals surface area (Å²) < 4.78 is 54.4. The van der Waals surface area contributed by atoms with E-state index in [9.17, 15) is 32.3 Å². The molecule has 0 bridgehead atoms. The number of aromatic nitrogens is 2. The highest BCUT2D eigenvalue weighted by molar-refractivity contribution is 8.18. The Bertz CT molecular complexity index is 1570. The highest BCUT2D eigenvalue weighted by atomic mass is 32.2. The fourth-order valence-corrected chi connectivity index (χ4v) is 5.83. The lowest BCUT2D eigenvalue weighted by atomic mass is 10.3. The summed E-state index contributed by atoms with van der Waals surface area (Å²) in [6, 6.07) is 10.5. The largest absolute Gasteiger partial charge is 0.471 e. The number of hydrogen-bond acceptors (Lipinski definition) is 10. The molecule has 4 amide bonds. The average Bonchev–Trinajstić information content (AvgIpc) is 3.64. The minimum absolute atomic E-state index is 0.0362. The lowest BCUT2D eigenvalue weighted by Crippen LogP contribution is -2.38. The maximum Gasteiger partial charge on any atom is 0.471 e. The van der Waals surface area contributed by atoms with Crippen molar-refractivity contribution in [2.75, 3.05) is 39.5 Å². The van der Waals surface area contributed by atoms with Gasteiger partial charge in [0.05, 0.1) is 42.4 Å². The van der Waals surface area contributed by atoms with Crippen molar-refractivity contribution in [1.29, 1.82) is 0 Å². The molecule has 0 aliphatic carbocycles. The molecule has 45 heavy (non-hydrogen) atoms. The molecule has 1 fully saturated rings. The van der Waals surface area contributed by atoms with Gasteiger partial charge in [-0.3, -0.25) is 24.1 Å². The van der Waals surface area contributed by atoms with Crippen molar-refractivity contribution < 1.29 is 46.2 Å². The number of nitrogens with zero attached hydrogens (tertiary/aromatic N) is 3. The molecule has 2 aromatic heterocycles. The molecule has 3 aromatic rings. The Balaban J connectivity index is 1.26. The first-order chi connectivity index (χ1) is 21.4. The minimum Gasteiger partial charge on any atom is -0.450 e. The SMILES string of the molecule is CC(C)N1C(=O)S/C(=C\c2ccc(Sc3nc4ccccc4n3CC(=O)NCCOCCOCCNC(=O)C(F)(F)F)o2)C1=O. The number of rotatable bonds is 15. The van der Waals surface area contributed by atoms with Crippen LogP contribution in [0.25, 0.3) is 17.1 Å². The number of ether oxygens (including phenoxy) is 2. The van der Waals surface area contributed by atoms with Crippen molar-refractivity contribution in [3.05, 3.63) is 47.1 Å². The molecule has 0 unspecified atom stereocenters. The van der Waals surface area contributed by atoms with E-state index in [0.29, 0.717) is 21.5 Å². The minimum atomic E-state index is -4.93. The first-order valence-electron chi connectivity index (χ1n) is 13.7. The van der Waals surface area contributed by atoms with Crippen LogP contribution < -0.4 is 10.6 Å². The summed E-state index contributed by atoms with van der Waals surface area (Å²) in [6.07, 6.45) is -3.40. The molecule has 2 N–H and O–H groups in total. The molecule has 17 heteroatoms. The first kappa shape index (κ1) is 34.1. The van der Waals surface area contributed by atoms with Crippen LogP contribution >= 0.6 is 23.5 Å². The molecule has 0 saturated carbocycles. The van der Waals surface area contributed by atoms with Gasteiger partial charge in [0.25, 0.3) is 11.1 Å². The molecule has 1 aromatic carbocycles. The van der Waals surface area contributed by atoms with Gasteiger partial charge in [-0.05, 0) is 61.6 Å². The van der Waals surface area contributed by atoms with Crippen molar-refractivity contribution in [2.24, 2.45) is 0 Å². The maximum atomic E-state index is 12.8. The molecular formula is C28H30F3N5O7S2. The predicted molar refractivity (Wildman–Crippen MR) is 159 cm³/mol. The van der Waals surface area contributed by atoms with E-state index in [1.54, 1.807) is 35.9 Å². The highest BCUT2D eigenvalue weighted by Gasteiger charge is 2.38. The maximum absolute atomic E-state index is 12.8. The summed E-state index contributed by atoms with van der Waals surface area (Å²) in [5, 5.41) is 5.11. The number of fused-ring (bicyclic) bond motifs is 1. The third-order valence-electron chi connectivity index (χ3n) is 6.06. The molecule has 1 saturated heterocycles. The van der Waals surface area contributed by atoms with Crippen LogP contribution in [0.4, 0.5) is 18.0 Å². The fourth-order valence-electron chi connectivity index (χ4n) is 4.02. The van der Waals surface area contributed by atoms with Crippen molar-refractivity contribution in [3.63, 3.8) is 0 Å². The van der Waals surface area contributed by atoms with Crippen LogP contribution in [0.1, 0.15) is 19.6 Å². The van der Waals surface area contributed by atoms with Crippen LogP contribution in [0.5, 0.6) is 0 Å². The zero-order valence-electron chi connectivity index (χ0n) is 24.2. The van der Waals surface area contributed by atoms with Gasteiger partial charge >= 0.3 is 12.1 Å². The Labute approximate surface area is 264 Å². The molecule has 0 atom stereocenters. The quantitative estimate of drug-likeness (QED) is 0.180. The number of hydrogen-bond donors (Lipinski definition) is 2. The van der Waals surface area contributed by atoms with E-state index in [2.05, 4.69) is 10.3 Å². The lowest BCUT2D eigenvalue weighted by molar-refractivity contribution is -0.173. The van der Waals surface area contributed by atoms with E-state index in [4.69, 9.17) is 13.9 Å². The molecular weight excluding hydrogens is 639 g/mol. The topological polar surface area (TPSA) is 145 Å². The van der Waals surface area contributed by atoms with Crippen LogP contribution in [-0.2, 0) is 30.4 Å². The third kappa shape index (κ3) is 9.35. The van der Waals surface area contributed by atoms with E-state index in [-0.39, 0.29) is 74.1 Å². The summed E-state index contributed by atoms with van der Waals surface area (Å²) in [4.78, 5) is 54.3. The number of halogens is 3. The van der Waals surface area contributed by atoms with Crippen LogP contribution in [0, 0.1) is 0 Å². The summed E-state index contributed by atoms with van der Waals surface area (Å²) in [5.74, 6) is -2.29. The number of nitrogens with one attached hydrogen (secondary N) is 2. The molecule has 0 spiro atoms. The molecule has 1 aliphatic rings. The van der Waals surface area contributed by atoms with E-state index in [1.807, 2.05) is 24.3 Å². The van der Waals surface area contributed by atoms with Crippen LogP contribution in [0.15, 0.2) is 56.0 Å². The number of carbonyl (C=O) groups excluding carboxylic acids is 4. The van der Waals surface area contributed by atoms with Gasteiger partial charge in [-0.1, -0.05) is 12.1 Å². The number of amides is 4. The number of para-hydroxylation sites is 2. The molecule has 0 radical (unpaired) electrons. The zero-order chi connectivity index (χ0) is 32.6. The van der Waals surface area contributed by atoms with E-state index in [0.717, 1.165) is 17.3 Å². The number of benzene rings is 1. The highest BCUT2D eigenvalue weighted by Crippen LogP contribution is 2.36. The van der Waals surface area contributed by atoms with Crippen LogP contribution in [0.2, 0.25) is 0 Å². The lowest BCUT2D eigenvalue weighted by Gasteiger charge is -2.16. The van der Waals surface area contributed by atoms with Crippen molar-refractivity contribution in [3.8, 4) is 0 Å². The third-order valence-corrected chi connectivity index (χ3v) is 7.86. The normalized spacial score (nSPS) is 14.7. The molecule has 3 heterocycles. The average molecular weight is 670 g/mol. The number of imidazole rings is 1. The summed E-state index contributed by atoms with van der Waals surface area (Å²) >= 11 is 2.06. The summed E-state index contributed by atoms with van der Waals surface area (Å²) in [6.45, 7) is 3.75. The number of imide groups is 1. The van der Waals surface area contributed by atoms with Crippen molar-refractivity contribution in [1.82, 2.24) is 25.1 Å². The van der Waals surface area contributed by atoms with Gasteiger partial charge in [-0.15, -0.1) is 0 Å². The van der Waals surface area contributed by atoms with Crippen molar-refractivity contribution in [2.45, 2.75) is 42.9 Å². The monoisotopic (exact) mass is 669 g/mol. The van der Waals surface area contributed by atoms with Crippen molar-refractivity contribution >= 4 is 63.6 Å². The smallest absolute Gasteiger partial charge is 0.450 e. The second-order valence-electron chi connectivity index (χ2n) is 9.70. The Morgan fingerprint density at radius 3 is 2.40 bits per heavy atom. The first-order valence-corrected chi connectivity index (χ1v) is 15.3. The predicted octanol–water partition coefficient (Wildman–Crippen LogP) is 4.05. The molecule has 4 rings (SSSR count). The fraction of sp³-hybridized carbons (Fsp3) is 0.393. The zero-order valence-corrected chi connectivity index (χ0v) is 25.9. The summed E-state index contributed by atoms with van der Waals surface area (Å²) in [5.41, 5.74) is 1.42. The van der Waals surface area contributed by atoms with Gasteiger partial charge < -0.3 is 29.1 Å². The second-order valence-corrected chi connectivity index (χ2v) is 11.7. The van der Waals surface area contributed by atoms with Gasteiger partial charge in [0, 0.05) is 25.2 Å². The van der Waals surface area contributed by atoms with Gasteiger partial charge in [0.2, 0.25) is 5.91 Å². The molecule has 12 nitrogen and oxygen atoms in total. The second kappa shape index (κ2) is 15.5. The van der Waals surface area contributed by atoms with E-state index < -0.39 is 12.1 Å². The van der Waals surface area contributed by atoms with Gasteiger partial charge in [0.15, 0.2) is 10.2 Å².